The fraction of sp³-hybridized carbons (Fsp3) is 0.250. The summed E-state index contributed by atoms with van der Waals surface area (Å²) in [5.74, 6) is 0.596. The Kier molecular flexibility index (Phi) is 4.50. The van der Waals surface area contributed by atoms with Gasteiger partial charge < -0.3 is 14.4 Å². The molecule has 1 atom stereocenters. The number of aryl methyl sites for hydroxylation is 1. The van der Waals surface area contributed by atoms with Crippen molar-refractivity contribution in [2.24, 2.45) is 11.0 Å². The molecule has 1 N–H and O–H groups in total. The minimum Gasteiger partial charge on any atom is -0.454 e. The minimum absolute atomic E-state index is 0.0567. The van der Waals surface area contributed by atoms with Crippen molar-refractivity contribution in [3.63, 3.8) is 0 Å². The Morgan fingerprint density at radius 3 is 2.78 bits per heavy atom. The average molecular weight is 365 g/mol. The standard InChI is InChI=1S/C20H19N3O4/c1-13-2-5-16(6-3-13)23-11-15(9-19(23)24)20(25)22-21-10-14-4-7-17-18(8-14)27-12-26-17/h2-8,10,15H,9,11-12H2,1H3,(H,22,25)/b21-10-/t15-/m0/s1. The number of nitrogens with one attached hydrogen (secondary N) is 1. The van der Waals surface area contributed by atoms with Gasteiger partial charge in [-0.3, -0.25) is 9.59 Å². The summed E-state index contributed by atoms with van der Waals surface area (Å²) < 4.78 is 10.6. The van der Waals surface area contributed by atoms with Crippen LogP contribution in [0.1, 0.15) is 17.5 Å². The number of benzene rings is 2. The Morgan fingerprint density at radius 1 is 1.19 bits per heavy atom. The molecule has 1 saturated heterocycles. The lowest BCUT2D eigenvalue weighted by atomic mass is 10.1. The van der Waals surface area contributed by atoms with E-state index in [-0.39, 0.29) is 25.0 Å². The van der Waals surface area contributed by atoms with E-state index < -0.39 is 5.92 Å². The number of nitrogens with zero attached hydrogens (tertiary/aromatic N) is 2. The number of hydrazone groups is 1. The summed E-state index contributed by atoms with van der Waals surface area (Å²) in [4.78, 5) is 26.3. The van der Waals surface area contributed by atoms with Gasteiger partial charge in [0.1, 0.15) is 0 Å². The van der Waals surface area contributed by atoms with Gasteiger partial charge in [0.2, 0.25) is 18.6 Å². The highest BCUT2D eigenvalue weighted by molar-refractivity contribution is 6.00. The van der Waals surface area contributed by atoms with Crippen LogP contribution >= 0.6 is 0 Å². The molecule has 2 aliphatic rings. The van der Waals surface area contributed by atoms with Gasteiger partial charge >= 0.3 is 0 Å². The van der Waals surface area contributed by atoms with Crippen LogP contribution in [0.4, 0.5) is 5.69 Å². The van der Waals surface area contributed by atoms with E-state index in [0.29, 0.717) is 18.0 Å². The van der Waals surface area contributed by atoms with Crippen LogP contribution in [0.5, 0.6) is 11.5 Å². The Morgan fingerprint density at radius 2 is 1.96 bits per heavy atom. The first kappa shape index (κ1) is 17.1. The minimum atomic E-state index is -0.423. The normalized spacial score (nSPS) is 18.3. The van der Waals surface area contributed by atoms with Crippen LogP contribution in [-0.4, -0.2) is 31.4 Å². The molecule has 0 aliphatic carbocycles. The third-order valence-corrected chi connectivity index (χ3v) is 4.63. The highest BCUT2D eigenvalue weighted by Crippen LogP contribution is 2.32. The van der Waals surface area contributed by atoms with Gasteiger partial charge in [-0.1, -0.05) is 17.7 Å². The van der Waals surface area contributed by atoms with Gasteiger partial charge in [0.15, 0.2) is 11.5 Å². The van der Waals surface area contributed by atoms with Crippen molar-refractivity contribution in [1.82, 2.24) is 5.43 Å². The van der Waals surface area contributed by atoms with Crippen molar-refractivity contribution < 1.29 is 19.1 Å². The van der Waals surface area contributed by atoms with Crippen LogP contribution in [0.2, 0.25) is 0 Å². The van der Waals surface area contributed by atoms with E-state index in [1.807, 2.05) is 37.3 Å². The Balaban J connectivity index is 1.36. The quantitative estimate of drug-likeness (QED) is 0.666. The summed E-state index contributed by atoms with van der Waals surface area (Å²) in [5, 5.41) is 4.00. The van der Waals surface area contributed by atoms with Crippen LogP contribution in [-0.2, 0) is 9.59 Å². The second-order valence-corrected chi connectivity index (χ2v) is 6.59. The number of ether oxygens (including phenoxy) is 2. The van der Waals surface area contributed by atoms with Crippen molar-refractivity contribution in [2.75, 3.05) is 18.2 Å². The summed E-state index contributed by atoms with van der Waals surface area (Å²) in [6.45, 7) is 2.55. The highest BCUT2D eigenvalue weighted by atomic mass is 16.7. The van der Waals surface area contributed by atoms with Crippen molar-refractivity contribution in [3.8, 4) is 11.5 Å². The van der Waals surface area contributed by atoms with Crippen LogP contribution in [0, 0.1) is 12.8 Å². The molecule has 7 heteroatoms. The monoisotopic (exact) mass is 365 g/mol. The first-order valence-corrected chi connectivity index (χ1v) is 8.70. The summed E-state index contributed by atoms with van der Waals surface area (Å²) in [5.41, 5.74) is 5.24. The van der Waals surface area contributed by atoms with Crippen molar-refractivity contribution in [1.29, 1.82) is 0 Å². The third kappa shape index (κ3) is 3.62. The predicted octanol–water partition coefficient (Wildman–Crippen LogP) is 2.23. The van der Waals surface area contributed by atoms with E-state index in [2.05, 4.69) is 10.5 Å². The molecule has 2 aliphatic heterocycles. The summed E-state index contributed by atoms with van der Waals surface area (Å²) in [6, 6.07) is 13.1. The molecule has 4 rings (SSSR count). The number of carbonyl (C=O) groups is 2. The van der Waals surface area contributed by atoms with E-state index in [4.69, 9.17) is 9.47 Å². The molecule has 1 fully saturated rings. The third-order valence-electron chi connectivity index (χ3n) is 4.63. The number of anilines is 1. The molecule has 27 heavy (non-hydrogen) atoms. The predicted molar refractivity (Wildman–Crippen MR) is 99.9 cm³/mol. The number of rotatable bonds is 4. The number of fused-ring (bicyclic) bond motifs is 1. The summed E-state index contributed by atoms with van der Waals surface area (Å²) in [6.07, 6.45) is 1.72. The zero-order valence-electron chi connectivity index (χ0n) is 14.8. The largest absolute Gasteiger partial charge is 0.454 e. The molecular weight excluding hydrogens is 346 g/mol. The van der Waals surface area contributed by atoms with Gasteiger partial charge in [0, 0.05) is 18.7 Å². The smallest absolute Gasteiger partial charge is 0.245 e. The maximum Gasteiger partial charge on any atom is 0.245 e. The molecular formula is C20H19N3O4. The maximum absolute atomic E-state index is 12.4. The van der Waals surface area contributed by atoms with Gasteiger partial charge in [-0.2, -0.15) is 5.10 Å². The van der Waals surface area contributed by atoms with Gasteiger partial charge in [0.25, 0.3) is 0 Å². The van der Waals surface area contributed by atoms with Crippen LogP contribution < -0.4 is 19.8 Å². The van der Waals surface area contributed by atoms with Gasteiger partial charge in [-0.25, -0.2) is 5.43 Å². The second-order valence-electron chi connectivity index (χ2n) is 6.59. The molecule has 0 bridgehead atoms. The van der Waals surface area contributed by atoms with Gasteiger partial charge in [-0.15, -0.1) is 0 Å². The van der Waals surface area contributed by atoms with E-state index >= 15 is 0 Å². The summed E-state index contributed by atoms with van der Waals surface area (Å²) >= 11 is 0. The van der Waals surface area contributed by atoms with Crippen molar-refractivity contribution in [2.45, 2.75) is 13.3 Å². The molecule has 0 radical (unpaired) electrons. The fourth-order valence-electron chi connectivity index (χ4n) is 3.11. The zero-order valence-corrected chi connectivity index (χ0v) is 14.8. The van der Waals surface area contributed by atoms with Crippen molar-refractivity contribution >= 4 is 23.7 Å². The zero-order chi connectivity index (χ0) is 18.8. The molecule has 2 aromatic rings. The number of hydrogen-bond acceptors (Lipinski definition) is 5. The van der Waals surface area contributed by atoms with E-state index in [9.17, 15) is 9.59 Å². The fourth-order valence-corrected chi connectivity index (χ4v) is 3.11. The molecule has 0 saturated carbocycles. The molecule has 2 aromatic carbocycles. The lowest BCUT2D eigenvalue weighted by molar-refractivity contribution is -0.126. The van der Waals surface area contributed by atoms with E-state index in [1.165, 1.54) is 6.21 Å². The molecule has 0 aromatic heterocycles. The van der Waals surface area contributed by atoms with Crippen LogP contribution in [0.25, 0.3) is 0 Å². The number of carbonyl (C=O) groups excluding carboxylic acids is 2. The Labute approximate surface area is 156 Å². The van der Waals surface area contributed by atoms with Gasteiger partial charge in [-0.05, 0) is 42.8 Å². The van der Waals surface area contributed by atoms with E-state index in [0.717, 1.165) is 16.8 Å². The molecule has 0 spiro atoms. The highest BCUT2D eigenvalue weighted by Gasteiger charge is 2.35. The average Bonchev–Trinajstić information content (AvgIpc) is 3.28. The molecule has 7 nitrogen and oxygen atoms in total. The van der Waals surface area contributed by atoms with E-state index in [1.54, 1.807) is 17.0 Å². The maximum atomic E-state index is 12.4. The Bertz CT molecular complexity index is 908. The molecule has 2 amide bonds. The molecule has 138 valence electrons. The topological polar surface area (TPSA) is 80.2 Å². The van der Waals surface area contributed by atoms with Gasteiger partial charge in [0.05, 0.1) is 12.1 Å². The number of amides is 2. The Hall–Kier alpha value is -3.35. The number of hydrogen-bond donors (Lipinski definition) is 1. The molecule has 0 unspecified atom stereocenters. The lowest BCUT2D eigenvalue weighted by Gasteiger charge is -2.16. The first-order valence-electron chi connectivity index (χ1n) is 8.70. The van der Waals surface area contributed by atoms with Crippen LogP contribution in [0.3, 0.4) is 0 Å². The lowest BCUT2D eigenvalue weighted by Crippen LogP contribution is -2.30. The first-order chi connectivity index (χ1) is 13.1. The summed E-state index contributed by atoms with van der Waals surface area (Å²) in [7, 11) is 0. The second kappa shape index (κ2) is 7.11. The SMILES string of the molecule is Cc1ccc(N2C[C@@H](C(=O)N/N=C\c3ccc4c(c3)OCO4)CC2=O)cc1. The van der Waals surface area contributed by atoms with Crippen molar-refractivity contribution in [3.05, 3.63) is 53.6 Å². The van der Waals surface area contributed by atoms with Crippen LogP contribution in [0.15, 0.2) is 47.6 Å². The molecule has 2 heterocycles.